The van der Waals surface area contributed by atoms with Gasteiger partial charge < -0.3 is 15.2 Å². The van der Waals surface area contributed by atoms with Gasteiger partial charge in [-0.1, -0.05) is 24.3 Å². The van der Waals surface area contributed by atoms with Crippen LogP contribution in [0.15, 0.2) is 59.5 Å². The van der Waals surface area contributed by atoms with Gasteiger partial charge in [-0.2, -0.15) is 0 Å². The van der Waals surface area contributed by atoms with E-state index in [1.165, 1.54) is 6.20 Å². The molecule has 0 spiro atoms. The summed E-state index contributed by atoms with van der Waals surface area (Å²) in [5.41, 5.74) is 7.33. The number of hydrogen-bond donors (Lipinski definition) is 1. The number of nitrogens with two attached hydrogens (primary N) is 1. The lowest BCUT2D eigenvalue weighted by molar-refractivity contribution is 0.306. The van der Waals surface area contributed by atoms with Gasteiger partial charge in [0.05, 0.1) is 20.4 Å². The average molecular weight is 273 g/mol. The number of nitrogens with zero attached hydrogens (tertiary/aromatic N) is 2. The van der Waals surface area contributed by atoms with Gasteiger partial charge in [0.2, 0.25) is 5.88 Å². The number of rotatable bonds is 6. The van der Waals surface area contributed by atoms with E-state index in [-0.39, 0.29) is 5.84 Å². The summed E-state index contributed by atoms with van der Waals surface area (Å²) in [7, 11) is 3.11. The normalized spacial score (nSPS) is 12.6. The maximum Gasteiger partial charge on any atom is 0.213 e. The molecule has 1 aromatic rings. The van der Waals surface area contributed by atoms with E-state index in [0.717, 1.165) is 5.57 Å². The van der Waals surface area contributed by atoms with Crippen molar-refractivity contribution in [2.24, 2.45) is 10.7 Å². The molecular weight excluding hydrogens is 254 g/mol. The zero-order valence-electron chi connectivity index (χ0n) is 12.0. The van der Waals surface area contributed by atoms with E-state index in [2.05, 4.69) is 16.6 Å². The third-order valence-corrected chi connectivity index (χ3v) is 2.29. The zero-order valence-corrected chi connectivity index (χ0v) is 12.0. The summed E-state index contributed by atoms with van der Waals surface area (Å²) in [6, 6.07) is 5.29. The van der Waals surface area contributed by atoms with Gasteiger partial charge in [-0.15, -0.1) is 0 Å². The molecule has 0 amide bonds. The van der Waals surface area contributed by atoms with E-state index < -0.39 is 0 Å². The Morgan fingerprint density at radius 3 is 2.70 bits per heavy atom. The summed E-state index contributed by atoms with van der Waals surface area (Å²) in [4.78, 5) is 8.32. The van der Waals surface area contributed by atoms with Crippen LogP contribution in [0.1, 0.15) is 12.6 Å². The number of methoxy groups -OCH3 is 2. The Balaban J connectivity index is 2.93. The van der Waals surface area contributed by atoms with Crippen molar-refractivity contribution in [3.63, 3.8) is 0 Å². The third-order valence-electron chi connectivity index (χ3n) is 2.29. The molecule has 5 nitrogen and oxygen atoms in total. The number of allylic oxidation sites excluding steroid dienone is 3. The molecule has 0 aromatic carbocycles. The van der Waals surface area contributed by atoms with E-state index in [9.17, 15) is 0 Å². The number of amidine groups is 1. The molecule has 0 fully saturated rings. The van der Waals surface area contributed by atoms with Gasteiger partial charge in [-0.05, 0) is 19.1 Å². The van der Waals surface area contributed by atoms with Crippen LogP contribution < -0.4 is 10.5 Å². The minimum absolute atomic E-state index is 0.280. The van der Waals surface area contributed by atoms with Crippen LogP contribution in [0.4, 0.5) is 0 Å². The molecule has 0 atom stereocenters. The second-order valence-corrected chi connectivity index (χ2v) is 3.99. The van der Waals surface area contributed by atoms with Crippen LogP contribution in [0, 0.1) is 0 Å². The first-order valence-electron chi connectivity index (χ1n) is 5.99. The number of pyridine rings is 1. The summed E-state index contributed by atoms with van der Waals surface area (Å²) < 4.78 is 10.2. The first-order valence-corrected chi connectivity index (χ1v) is 5.99. The highest BCUT2D eigenvalue weighted by Gasteiger charge is 2.01. The Kier molecular flexibility index (Phi) is 6.03. The van der Waals surface area contributed by atoms with Crippen LogP contribution in [0.2, 0.25) is 0 Å². The van der Waals surface area contributed by atoms with Crippen LogP contribution in [0.25, 0.3) is 0 Å². The third kappa shape index (κ3) is 4.97. The minimum Gasteiger partial charge on any atom is -0.495 e. The Labute approximate surface area is 119 Å². The summed E-state index contributed by atoms with van der Waals surface area (Å²) in [6.45, 7) is 5.66. The number of hydrogen-bond acceptors (Lipinski definition) is 4. The van der Waals surface area contributed by atoms with Crippen molar-refractivity contribution < 1.29 is 9.47 Å². The fraction of sp³-hybridized carbons (Fsp3) is 0.200. The van der Waals surface area contributed by atoms with Crippen molar-refractivity contribution in [2.75, 3.05) is 14.2 Å². The molecule has 5 heteroatoms. The first kappa shape index (κ1) is 15.5. The molecule has 0 saturated heterocycles. The maximum absolute atomic E-state index is 5.87. The zero-order chi connectivity index (χ0) is 15.0. The fourth-order valence-electron chi connectivity index (χ4n) is 1.26. The Hall–Kier alpha value is -2.56. The van der Waals surface area contributed by atoms with Crippen molar-refractivity contribution in [1.82, 2.24) is 4.98 Å². The van der Waals surface area contributed by atoms with Gasteiger partial charge in [0.15, 0.2) is 0 Å². The quantitative estimate of drug-likeness (QED) is 0.374. The highest BCUT2D eigenvalue weighted by molar-refractivity contribution is 5.96. The largest absolute Gasteiger partial charge is 0.495 e. The predicted molar refractivity (Wildman–Crippen MR) is 80.6 cm³/mol. The molecule has 20 heavy (non-hydrogen) atoms. The first-order chi connectivity index (χ1) is 9.56. The monoisotopic (exact) mass is 273 g/mol. The molecule has 0 saturated carbocycles. The standard InChI is InChI=1S/C15H19N3O2/c1-11(2)8-9-12(19-3)10-17-15(16)13-6-5-7-14(18-13)20-4/h5-10H,1H2,2-4H3,(H2,16,17)/b9-8-,12-10-. The topological polar surface area (TPSA) is 69.7 Å². The van der Waals surface area contributed by atoms with Crippen molar-refractivity contribution in [1.29, 1.82) is 0 Å². The second kappa shape index (κ2) is 7.78. The Morgan fingerprint density at radius 2 is 2.10 bits per heavy atom. The molecule has 1 rings (SSSR count). The molecule has 0 aliphatic rings. The molecule has 2 N–H and O–H groups in total. The second-order valence-electron chi connectivity index (χ2n) is 3.99. The summed E-state index contributed by atoms with van der Waals surface area (Å²) in [6.07, 6.45) is 5.11. The van der Waals surface area contributed by atoms with E-state index in [1.54, 1.807) is 38.5 Å². The number of ether oxygens (including phenoxy) is 2. The summed E-state index contributed by atoms with van der Waals surface area (Å²) in [5, 5.41) is 0. The highest BCUT2D eigenvalue weighted by atomic mass is 16.5. The van der Waals surface area contributed by atoms with E-state index in [0.29, 0.717) is 17.3 Å². The maximum atomic E-state index is 5.87. The van der Waals surface area contributed by atoms with Gasteiger partial charge in [0, 0.05) is 6.07 Å². The Morgan fingerprint density at radius 1 is 1.35 bits per heavy atom. The van der Waals surface area contributed by atoms with Crippen LogP contribution >= 0.6 is 0 Å². The molecule has 0 aliphatic carbocycles. The molecule has 1 aromatic heterocycles. The predicted octanol–water partition coefficient (Wildman–Crippen LogP) is 2.42. The molecule has 0 unspecified atom stereocenters. The van der Waals surface area contributed by atoms with Gasteiger partial charge in [-0.25, -0.2) is 9.98 Å². The summed E-state index contributed by atoms with van der Waals surface area (Å²) in [5.74, 6) is 1.33. The van der Waals surface area contributed by atoms with Crippen molar-refractivity contribution in [3.8, 4) is 5.88 Å². The van der Waals surface area contributed by atoms with E-state index in [1.807, 2.05) is 13.0 Å². The molecule has 0 radical (unpaired) electrons. The smallest absolute Gasteiger partial charge is 0.213 e. The van der Waals surface area contributed by atoms with Crippen LogP contribution in [0.5, 0.6) is 5.88 Å². The van der Waals surface area contributed by atoms with Gasteiger partial charge >= 0.3 is 0 Å². The number of aromatic nitrogens is 1. The number of aliphatic imine (C=N–C) groups is 1. The van der Waals surface area contributed by atoms with Crippen molar-refractivity contribution >= 4 is 5.84 Å². The van der Waals surface area contributed by atoms with Crippen LogP contribution in [-0.4, -0.2) is 25.0 Å². The van der Waals surface area contributed by atoms with Crippen molar-refractivity contribution in [2.45, 2.75) is 6.92 Å². The molecule has 0 aliphatic heterocycles. The van der Waals surface area contributed by atoms with Gasteiger partial charge in [0.25, 0.3) is 0 Å². The lowest BCUT2D eigenvalue weighted by Gasteiger charge is -2.02. The molecule has 1 heterocycles. The average Bonchev–Trinajstić information content (AvgIpc) is 2.47. The summed E-state index contributed by atoms with van der Waals surface area (Å²) >= 11 is 0. The molecule has 106 valence electrons. The highest BCUT2D eigenvalue weighted by Crippen LogP contribution is 2.07. The molecular formula is C15H19N3O2. The van der Waals surface area contributed by atoms with E-state index in [4.69, 9.17) is 15.2 Å². The van der Waals surface area contributed by atoms with Crippen LogP contribution in [-0.2, 0) is 4.74 Å². The van der Waals surface area contributed by atoms with Crippen LogP contribution in [0.3, 0.4) is 0 Å². The Bertz CT molecular complexity index is 560. The SMILES string of the molecule is C=C(C)/C=C\C(=C\N=C(N)c1cccc(OC)n1)OC. The fourth-order valence-corrected chi connectivity index (χ4v) is 1.26. The lowest BCUT2D eigenvalue weighted by atomic mass is 10.3. The minimum atomic E-state index is 0.280. The van der Waals surface area contributed by atoms with Gasteiger partial charge in [0.1, 0.15) is 17.3 Å². The van der Waals surface area contributed by atoms with Gasteiger partial charge in [-0.3, -0.25) is 0 Å². The molecule has 0 bridgehead atoms. The van der Waals surface area contributed by atoms with E-state index >= 15 is 0 Å². The lowest BCUT2D eigenvalue weighted by Crippen LogP contribution is -2.14. The van der Waals surface area contributed by atoms with Crippen molar-refractivity contribution in [3.05, 3.63) is 60.2 Å².